The van der Waals surface area contributed by atoms with Gasteiger partial charge in [-0.25, -0.2) is 9.59 Å². The molecule has 0 saturated heterocycles. The molecule has 2 aromatic heterocycles. The van der Waals surface area contributed by atoms with Crippen LogP contribution >= 0.6 is 11.8 Å². The van der Waals surface area contributed by atoms with Crippen molar-refractivity contribution in [3.05, 3.63) is 65.5 Å². The van der Waals surface area contributed by atoms with E-state index >= 15 is 0 Å². The van der Waals surface area contributed by atoms with Gasteiger partial charge in [-0.05, 0) is 36.8 Å². The summed E-state index contributed by atoms with van der Waals surface area (Å²) in [5.74, 6) is 0.502. The number of pyridine rings is 1. The number of hydrogen-bond donors (Lipinski definition) is 2. The molecule has 3 heterocycles. The van der Waals surface area contributed by atoms with E-state index in [1.165, 1.54) is 11.8 Å². The summed E-state index contributed by atoms with van der Waals surface area (Å²) < 4.78 is 12.3. The summed E-state index contributed by atoms with van der Waals surface area (Å²) in [6, 6.07) is 11.8. The molecule has 4 rings (SSSR count). The molecule has 3 aromatic rings. The first-order valence-electron chi connectivity index (χ1n) is 9.65. The zero-order valence-corrected chi connectivity index (χ0v) is 17.8. The van der Waals surface area contributed by atoms with Crippen LogP contribution in [0.3, 0.4) is 0 Å². The molecule has 0 radical (unpaired) electrons. The standard InChI is InChI=1S/C21H21N5O4S/c1-3-30-19(27)17-15(12-31-21-25-24-16-6-4-5-11-26(16)21)22-20(28)23-18(17)13-7-9-14(29-2)10-8-13/h4-11,18H,3,12H2,1-2H3,(H2,22,23,28). The van der Waals surface area contributed by atoms with Gasteiger partial charge in [0.25, 0.3) is 0 Å². The molecule has 1 aliphatic rings. The van der Waals surface area contributed by atoms with Gasteiger partial charge < -0.3 is 20.1 Å². The molecule has 0 aliphatic carbocycles. The first-order chi connectivity index (χ1) is 15.1. The van der Waals surface area contributed by atoms with Crippen LogP contribution in [0.4, 0.5) is 4.79 Å². The lowest BCUT2D eigenvalue weighted by Gasteiger charge is -2.29. The van der Waals surface area contributed by atoms with Gasteiger partial charge >= 0.3 is 12.0 Å². The number of fused-ring (bicyclic) bond motifs is 1. The van der Waals surface area contributed by atoms with Crippen molar-refractivity contribution in [2.24, 2.45) is 0 Å². The summed E-state index contributed by atoms with van der Waals surface area (Å²) in [6.07, 6.45) is 1.86. The average Bonchev–Trinajstić information content (AvgIpc) is 3.20. The fourth-order valence-electron chi connectivity index (χ4n) is 3.28. The molecule has 2 amide bonds. The average molecular weight is 439 g/mol. The van der Waals surface area contributed by atoms with E-state index in [1.54, 1.807) is 26.2 Å². The number of urea groups is 1. The number of hydrogen-bond acceptors (Lipinski definition) is 7. The third-order valence-electron chi connectivity index (χ3n) is 4.73. The number of carbonyl (C=O) groups excluding carboxylic acids is 2. The second-order valence-corrected chi connectivity index (χ2v) is 7.56. The van der Waals surface area contributed by atoms with Gasteiger partial charge in [0.1, 0.15) is 5.75 Å². The lowest BCUT2D eigenvalue weighted by atomic mass is 9.95. The van der Waals surface area contributed by atoms with Crippen LogP contribution in [-0.4, -0.2) is 46.1 Å². The number of rotatable bonds is 7. The molecule has 1 unspecified atom stereocenters. The molecule has 160 valence electrons. The van der Waals surface area contributed by atoms with E-state index in [1.807, 2.05) is 40.9 Å². The van der Waals surface area contributed by atoms with Crippen LogP contribution in [0.25, 0.3) is 5.65 Å². The summed E-state index contributed by atoms with van der Waals surface area (Å²) in [6.45, 7) is 1.97. The van der Waals surface area contributed by atoms with Gasteiger partial charge in [0.2, 0.25) is 0 Å². The Morgan fingerprint density at radius 3 is 2.74 bits per heavy atom. The Morgan fingerprint density at radius 2 is 2.00 bits per heavy atom. The molecule has 1 atom stereocenters. The Bertz CT molecular complexity index is 1140. The largest absolute Gasteiger partial charge is 0.497 e. The van der Waals surface area contributed by atoms with Crippen LogP contribution < -0.4 is 15.4 Å². The lowest BCUT2D eigenvalue weighted by Crippen LogP contribution is -2.46. The molecule has 2 N–H and O–H groups in total. The highest BCUT2D eigenvalue weighted by molar-refractivity contribution is 7.99. The molecule has 9 nitrogen and oxygen atoms in total. The number of aromatic nitrogens is 3. The SMILES string of the molecule is CCOC(=O)C1=C(CSc2nnc3ccccn23)NC(=O)NC1c1ccc(OC)cc1. The minimum Gasteiger partial charge on any atom is -0.497 e. The first-order valence-corrected chi connectivity index (χ1v) is 10.6. The Balaban J connectivity index is 1.68. The van der Waals surface area contributed by atoms with Crippen LogP contribution in [0.1, 0.15) is 18.5 Å². The van der Waals surface area contributed by atoms with Crippen molar-refractivity contribution in [2.45, 2.75) is 18.1 Å². The molecule has 0 bridgehead atoms. The highest BCUT2D eigenvalue weighted by Crippen LogP contribution is 2.31. The minimum absolute atomic E-state index is 0.223. The number of methoxy groups -OCH3 is 1. The number of benzene rings is 1. The normalized spacial score (nSPS) is 16.1. The number of carbonyl (C=O) groups is 2. The summed E-state index contributed by atoms with van der Waals surface area (Å²) in [5.41, 5.74) is 2.29. The minimum atomic E-state index is -0.649. The van der Waals surface area contributed by atoms with E-state index in [0.29, 0.717) is 27.9 Å². The maximum absolute atomic E-state index is 12.9. The fraction of sp³-hybridized carbons (Fsp3) is 0.238. The molecule has 1 aliphatic heterocycles. The van der Waals surface area contributed by atoms with Crippen molar-refractivity contribution in [1.29, 1.82) is 0 Å². The third-order valence-corrected chi connectivity index (χ3v) is 5.70. The van der Waals surface area contributed by atoms with Crippen LogP contribution in [0.5, 0.6) is 5.75 Å². The zero-order valence-electron chi connectivity index (χ0n) is 17.0. The van der Waals surface area contributed by atoms with E-state index < -0.39 is 18.0 Å². The zero-order chi connectivity index (χ0) is 21.8. The molecule has 0 saturated carbocycles. The predicted octanol–water partition coefficient (Wildman–Crippen LogP) is 2.70. The molecular formula is C21H21N5O4S. The second-order valence-electron chi connectivity index (χ2n) is 6.62. The van der Waals surface area contributed by atoms with Crippen molar-refractivity contribution in [3.63, 3.8) is 0 Å². The van der Waals surface area contributed by atoms with Gasteiger partial charge in [-0.15, -0.1) is 10.2 Å². The predicted molar refractivity (Wildman–Crippen MR) is 115 cm³/mol. The van der Waals surface area contributed by atoms with Gasteiger partial charge in [0.05, 0.1) is 25.3 Å². The highest BCUT2D eigenvalue weighted by atomic mass is 32.2. The van der Waals surface area contributed by atoms with Gasteiger partial charge in [0, 0.05) is 17.6 Å². The smallest absolute Gasteiger partial charge is 0.338 e. The third kappa shape index (κ3) is 4.33. The van der Waals surface area contributed by atoms with Gasteiger partial charge in [0.15, 0.2) is 10.8 Å². The van der Waals surface area contributed by atoms with Gasteiger partial charge in [-0.3, -0.25) is 4.40 Å². The van der Waals surface area contributed by atoms with Crippen molar-refractivity contribution < 1.29 is 19.1 Å². The first kappa shape index (κ1) is 20.7. The summed E-state index contributed by atoms with van der Waals surface area (Å²) in [7, 11) is 1.58. The van der Waals surface area contributed by atoms with E-state index in [4.69, 9.17) is 9.47 Å². The second kappa shape index (κ2) is 9.09. The summed E-state index contributed by atoms with van der Waals surface area (Å²) in [4.78, 5) is 25.3. The Labute approximate surface area is 182 Å². The van der Waals surface area contributed by atoms with Crippen molar-refractivity contribution in [1.82, 2.24) is 25.2 Å². The van der Waals surface area contributed by atoms with Crippen LogP contribution in [-0.2, 0) is 9.53 Å². The maximum atomic E-state index is 12.9. The van der Waals surface area contributed by atoms with Crippen molar-refractivity contribution >= 4 is 29.4 Å². The van der Waals surface area contributed by atoms with E-state index in [2.05, 4.69) is 20.8 Å². The highest BCUT2D eigenvalue weighted by Gasteiger charge is 2.33. The number of esters is 1. The van der Waals surface area contributed by atoms with Crippen LogP contribution in [0.2, 0.25) is 0 Å². The molecule has 1 aromatic carbocycles. The van der Waals surface area contributed by atoms with Crippen LogP contribution in [0, 0.1) is 0 Å². The van der Waals surface area contributed by atoms with E-state index in [-0.39, 0.29) is 6.61 Å². The molecule has 10 heteroatoms. The monoisotopic (exact) mass is 439 g/mol. The number of nitrogens with one attached hydrogen (secondary N) is 2. The number of thioether (sulfide) groups is 1. The molecule has 0 fully saturated rings. The number of amides is 2. The Kier molecular flexibility index (Phi) is 6.08. The quantitative estimate of drug-likeness (QED) is 0.431. The Morgan fingerprint density at radius 1 is 1.19 bits per heavy atom. The van der Waals surface area contributed by atoms with Gasteiger partial charge in [-0.1, -0.05) is 30.0 Å². The maximum Gasteiger partial charge on any atom is 0.338 e. The molecular weight excluding hydrogens is 418 g/mol. The number of ether oxygens (including phenoxy) is 2. The fourth-order valence-corrected chi connectivity index (χ4v) is 4.18. The number of nitrogens with zero attached hydrogens (tertiary/aromatic N) is 3. The Hall–Kier alpha value is -3.53. The van der Waals surface area contributed by atoms with Crippen molar-refractivity contribution in [2.75, 3.05) is 19.5 Å². The lowest BCUT2D eigenvalue weighted by molar-refractivity contribution is -0.139. The topological polar surface area (TPSA) is 107 Å². The van der Waals surface area contributed by atoms with Gasteiger partial charge in [-0.2, -0.15) is 0 Å². The summed E-state index contributed by atoms with van der Waals surface area (Å²) >= 11 is 1.37. The van der Waals surface area contributed by atoms with Crippen molar-refractivity contribution in [3.8, 4) is 5.75 Å². The summed E-state index contributed by atoms with van der Waals surface area (Å²) in [5, 5.41) is 14.6. The van der Waals surface area contributed by atoms with E-state index in [9.17, 15) is 9.59 Å². The van der Waals surface area contributed by atoms with Crippen LogP contribution in [0.15, 0.2) is 65.1 Å². The van der Waals surface area contributed by atoms with E-state index in [0.717, 1.165) is 11.2 Å². The molecule has 0 spiro atoms. The molecule has 31 heavy (non-hydrogen) atoms.